The lowest BCUT2D eigenvalue weighted by Gasteiger charge is -2.11. The summed E-state index contributed by atoms with van der Waals surface area (Å²) in [6.07, 6.45) is 2.39. The first-order valence-electron chi connectivity index (χ1n) is 5.34. The topological polar surface area (TPSA) is 86.5 Å². The zero-order valence-corrected chi connectivity index (χ0v) is 11.7. The smallest absolute Gasteiger partial charge is 0.236 e. The van der Waals surface area contributed by atoms with E-state index in [1.165, 1.54) is 12.3 Å². The van der Waals surface area contributed by atoms with Gasteiger partial charge in [0.1, 0.15) is 0 Å². The van der Waals surface area contributed by atoms with Crippen molar-refractivity contribution in [3.8, 4) is 0 Å². The molecule has 0 aliphatic rings. The van der Waals surface area contributed by atoms with Crippen LogP contribution < -0.4 is 4.41 Å². The van der Waals surface area contributed by atoms with Crippen LogP contribution in [0.3, 0.4) is 0 Å². The predicted octanol–water partition coefficient (Wildman–Crippen LogP) is 2.85. The number of hydrogen-bond acceptors (Lipinski definition) is 5. The van der Waals surface area contributed by atoms with Crippen LogP contribution in [0.15, 0.2) is 29.6 Å². The highest BCUT2D eigenvalue weighted by atomic mass is 32.2. The highest BCUT2D eigenvalue weighted by molar-refractivity contribution is 7.92. The fourth-order valence-electron chi connectivity index (χ4n) is 0.762. The standard InChI is InChI=1S/C6H8N4O2S.2C2H6/c1-13(11,12)10(9-7)6-4-2-3-5-8-6;2*1-2/h2-5,7H,1H3;2*1-2H3. The van der Waals surface area contributed by atoms with Gasteiger partial charge in [0.15, 0.2) is 5.82 Å². The van der Waals surface area contributed by atoms with Gasteiger partial charge in [-0.3, -0.25) is 0 Å². The SMILES string of the molecule is CC.CC.CS(=O)(=O)N(N=N)c1ccccn1. The van der Waals surface area contributed by atoms with Gasteiger partial charge < -0.3 is 0 Å². The molecule has 0 saturated heterocycles. The van der Waals surface area contributed by atoms with Crippen LogP contribution in [0.4, 0.5) is 5.82 Å². The Hall–Kier alpha value is -1.50. The summed E-state index contributed by atoms with van der Waals surface area (Å²) >= 11 is 0. The van der Waals surface area contributed by atoms with E-state index < -0.39 is 10.0 Å². The second-order valence-corrected chi connectivity index (χ2v) is 4.11. The average molecular weight is 260 g/mol. The van der Waals surface area contributed by atoms with Crippen LogP contribution in [0.25, 0.3) is 0 Å². The maximum absolute atomic E-state index is 11.0. The van der Waals surface area contributed by atoms with Crippen molar-refractivity contribution in [2.75, 3.05) is 10.7 Å². The normalized spacial score (nSPS) is 9.00. The highest BCUT2D eigenvalue weighted by Gasteiger charge is 2.16. The Labute approximate surface area is 103 Å². The second-order valence-electron chi connectivity index (χ2n) is 2.29. The van der Waals surface area contributed by atoms with Crippen molar-refractivity contribution in [3.63, 3.8) is 0 Å². The molecule has 1 rings (SSSR count). The third-order valence-corrected chi connectivity index (χ3v) is 2.15. The first kappa shape index (κ1) is 17.9. The molecular weight excluding hydrogens is 240 g/mol. The van der Waals surface area contributed by atoms with Crippen molar-refractivity contribution in [1.82, 2.24) is 4.98 Å². The lowest BCUT2D eigenvalue weighted by atomic mass is 10.5. The Balaban J connectivity index is 0. The summed E-state index contributed by atoms with van der Waals surface area (Å²) in [5.41, 5.74) is 6.68. The monoisotopic (exact) mass is 260 g/mol. The van der Waals surface area contributed by atoms with Gasteiger partial charge in [-0.15, -0.1) is 4.41 Å². The summed E-state index contributed by atoms with van der Waals surface area (Å²) in [7, 11) is -3.55. The van der Waals surface area contributed by atoms with E-state index >= 15 is 0 Å². The van der Waals surface area contributed by atoms with Gasteiger partial charge in [0.05, 0.1) is 6.26 Å². The van der Waals surface area contributed by atoms with Crippen molar-refractivity contribution >= 4 is 15.8 Å². The van der Waals surface area contributed by atoms with Crippen LogP contribution in [0.1, 0.15) is 27.7 Å². The summed E-state index contributed by atoms with van der Waals surface area (Å²) < 4.78 is 22.6. The first-order valence-corrected chi connectivity index (χ1v) is 7.19. The molecule has 7 heteroatoms. The summed E-state index contributed by atoms with van der Waals surface area (Å²) in [5.74, 6) is 0.111. The van der Waals surface area contributed by atoms with Gasteiger partial charge in [0.25, 0.3) is 10.0 Å². The van der Waals surface area contributed by atoms with E-state index in [9.17, 15) is 8.42 Å². The van der Waals surface area contributed by atoms with Gasteiger partial charge in [0, 0.05) is 6.20 Å². The molecule has 0 atom stereocenters. The maximum atomic E-state index is 11.0. The number of anilines is 1. The van der Waals surface area contributed by atoms with Crippen molar-refractivity contribution in [2.45, 2.75) is 27.7 Å². The molecule has 0 bridgehead atoms. The summed E-state index contributed by atoms with van der Waals surface area (Å²) in [6, 6.07) is 4.72. The van der Waals surface area contributed by atoms with Gasteiger partial charge >= 0.3 is 0 Å². The molecule has 1 aromatic heterocycles. The lowest BCUT2D eigenvalue weighted by molar-refractivity contribution is 0.595. The summed E-state index contributed by atoms with van der Waals surface area (Å²) in [5, 5.41) is 2.86. The van der Waals surface area contributed by atoms with Crippen molar-refractivity contribution in [2.24, 2.45) is 5.22 Å². The van der Waals surface area contributed by atoms with Crippen LogP contribution in [0, 0.1) is 5.53 Å². The molecule has 0 fully saturated rings. The molecule has 0 radical (unpaired) electrons. The molecule has 1 aromatic rings. The van der Waals surface area contributed by atoms with E-state index in [1.54, 1.807) is 12.1 Å². The third kappa shape index (κ3) is 6.62. The van der Waals surface area contributed by atoms with Crippen LogP contribution in [-0.2, 0) is 10.0 Å². The lowest BCUT2D eigenvalue weighted by Crippen LogP contribution is -2.24. The van der Waals surface area contributed by atoms with Gasteiger partial charge in [-0.05, 0) is 12.1 Å². The van der Waals surface area contributed by atoms with E-state index in [1.807, 2.05) is 27.7 Å². The Bertz CT molecular complexity index is 392. The van der Waals surface area contributed by atoms with Crippen molar-refractivity contribution < 1.29 is 8.42 Å². The highest BCUT2D eigenvalue weighted by Crippen LogP contribution is 2.12. The van der Waals surface area contributed by atoms with E-state index in [0.29, 0.717) is 4.41 Å². The molecule has 0 unspecified atom stereocenters. The zero-order valence-electron chi connectivity index (χ0n) is 10.9. The molecule has 0 aromatic carbocycles. The molecule has 0 amide bonds. The maximum Gasteiger partial charge on any atom is 0.254 e. The van der Waals surface area contributed by atoms with E-state index in [2.05, 4.69) is 10.2 Å². The first-order chi connectivity index (χ1) is 8.05. The Morgan fingerprint density at radius 2 is 1.76 bits per heavy atom. The number of nitrogens with zero attached hydrogens (tertiary/aromatic N) is 3. The van der Waals surface area contributed by atoms with Crippen LogP contribution >= 0.6 is 0 Å². The van der Waals surface area contributed by atoms with Gasteiger partial charge in [-0.2, -0.15) is 5.53 Å². The molecule has 0 saturated carbocycles. The average Bonchev–Trinajstić information content (AvgIpc) is 2.35. The number of rotatable bonds is 3. The predicted molar refractivity (Wildman–Crippen MR) is 69.4 cm³/mol. The molecule has 0 aliphatic carbocycles. The van der Waals surface area contributed by atoms with E-state index in [4.69, 9.17) is 5.53 Å². The third-order valence-electron chi connectivity index (χ3n) is 1.25. The zero-order chi connectivity index (χ0) is 13.9. The molecule has 1 heterocycles. The molecule has 98 valence electrons. The van der Waals surface area contributed by atoms with Gasteiger partial charge in [-0.1, -0.05) is 39.0 Å². The van der Waals surface area contributed by atoms with Gasteiger partial charge in [0.2, 0.25) is 0 Å². The van der Waals surface area contributed by atoms with E-state index in [-0.39, 0.29) is 5.82 Å². The molecule has 0 aliphatic heterocycles. The molecule has 1 N–H and O–H groups in total. The minimum Gasteiger partial charge on any atom is -0.236 e. The molecular formula is C10H20N4O2S. The Morgan fingerprint density at radius 1 is 1.24 bits per heavy atom. The second kappa shape index (κ2) is 9.71. The minimum atomic E-state index is -3.55. The van der Waals surface area contributed by atoms with E-state index in [0.717, 1.165) is 6.26 Å². The molecule has 6 nitrogen and oxygen atoms in total. The summed E-state index contributed by atoms with van der Waals surface area (Å²) in [6.45, 7) is 8.00. The Morgan fingerprint density at radius 3 is 2.06 bits per heavy atom. The minimum absolute atomic E-state index is 0.111. The largest absolute Gasteiger partial charge is 0.254 e. The number of sulfonamides is 1. The Kier molecular flexibility index (Phi) is 10.2. The molecule has 0 spiro atoms. The number of nitrogens with one attached hydrogen (secondary N) is 1. The van der Waals surface area contributed by atoms with Crippen LogP contribution in [0.2, 0.25) is 0 Å². The van der Waals surface area contributed by atoms with Crippen molar-refractivity contribution in [3.05, 3.63) is 24.4 Å². The summed E-state index contributed by atoms with van der Waals surface area (Å²) in [4.78, 5) is 3.75. The van der Waals surface area contributed by atoms with Crippen molar-refractivity contribution in [1.29, 1.82) is 5.53 Å². The number of hydrogen-bond donors (Lipinski definition) is 1. The van der Waals surface area contributed by atoms with Crippen LogP contribution in [-0.4, -0.2) is 19.7 Å². The fourth-order valence-corrected chi connectivity index (χ4v) is 1.36. The van der Waals surface area contributed by atoms with Crippen LogP contribution in [0.5, 0.6) is 0 Å². The number of pyridine rings is 1. The number of aromatic nitrogens is 1. The molecule has 17 heavy (non-hydrogen) atoms. The van der Waals surface area contributed by atoms with Gasteiger partial charge in [-0.25, -0.2) is 13.4 Å². The fraction of sp³-hybridized carbons (Fsp3) is 0.500. The quantitative estimate of drug-likeness (QED) is 0.669.